The average molecular weight is 287 g/mol. The van der Waals surface area contributed by atoms with Crippen molar-refractivity contribution in [3.05, 3.63) is 68.8 Å². The lowest BCUT2D eigenvalue weighted by molar-refractivity contribution is -0.385. The maximum Gasteiger partial charge on any atom is 0.270 e. The van der Waals surface area contributed by atoms with Crippen LogP contribution >= 0.6 is 0 Å². The van der Waals surface area contributed by atoms with Crippen LogP contribution in [0.3, 0.4) is 0 Å². The van der Waals surface area contributed by atoms with Gasteiger partial charge >= 0.3 is 0 Å². The Morgan fingerprint density at radius 2 is 1.86 bits per heavy atom. The summed E-state index contributed by atoms with van der Waals surface area (Å²) in [7, 11) is 0. The molecule has 0 amide bonds. The van der Waals surface area contributed by atoms with Gasteiger partial charge in [-0.05, 0) is 36.6 Å². The molecule has 0 atom stereocenters. The fourth-order valence-electron chi connectivity index (χ4n) is 2.17. The number of ether oxygens (including phenoxy) is 1. The van der Waals surface area contributed by atoms with Crippen molar-refractivity contribution in [1.82, 2.24) is 0 Å². The highest BCUT2D eigenvalue weighted by atomic mass is 16.6. The third-order valence-electron chi connectivity index (χ3n) is 3.44. The molecule has 0 heterocycles. The summed E-state index contributed by atoms with van der Waals surface area (Å²) in [5.41, 5.74) is 3.69. The molecule has 2 rings (SSSR count). The van der Waals surface area contributed by atoms with E-state index in [1.807, 2.05) is 32.0 Å². The van der Waals surface area contributed by atoms with Gasteiger partial charge in [0.25, 0.3) is 5.69 Å². The number of rotatable bonds is 5. The normalized spacial score (nSPS) is 10.4. The molecule has 0 fully saturated rings. The number of benzene rings is 2. The molecular formula is C16H17NO4. The molecule has 0 saturated heterocycles. The van der Waals surface area contributed by atoms with Crippen LogP contribution in [0, 0.1) is 24.0 Å². The highest BCUT2D eigenvalue weighted by Crippen LogP contribution is 2.26. The first-order valence-electron chi connectivity index (χ1n) is 6.59. The number of aliphatic hydroxyl groups excluding tert-OH is 1. The van der Waals surface area contributed by atoms with E-state index in [1.54, 1.807) is 0 Å². The van der Waals surface area contributed by atoms with Gasteiger partial charge in [-0.15, -0.1) is 0 Å². The van der Waals surface area contributed by atoms with E-state index in [0.29, 0.717) is 17.9 Å². The van der Waals surface area contributed by atoms with Crippen LogP contribution in [0.4, 0.5) is 5.69 Å². The van der Waals surface area contributed by atoms with Gasteiger partial charge in [-0.25, -0.2) is 0 Å². The number of hydrogen-bond donors (Lipinski definition) is 1. The van der Waals surface area contributed by atoms with E-state index in [9.17, 15) is 15.2 Å². The topological polar surface area (TPSA) is 72.6 Å². The second kappa shape index (κ2) is 6.37. The van der Waals surface area contributed by atoms with Crippen LogP contribution in [-0.2, 0) is 13.2 Å². The third kappa shape index (κ3) is 3.38. The SMILES string of the molecule is Cc1cccc(C)c1COc1ccc([N+](=O)[O-])cc1CO. The Labute approximate surface area is 123 Å². The largest absolute Gasteiger partial charge is 0.489 e. The Hall–Kier alpha value is -2.40. The van der Waals surface area contributed by atoms with Gasteiger partial charge in [0.2, 0.25) is 0 Å². The van der Waals surface area contributed by atoms with E-state index in [2.05, 4.69) is 0 Å². The number of hydrogen-bond acceptors (Lipinski definition) is 4. The monoisotopic (exact) mass is 287 g/mol. The molecule has 5 heteroatoms. The third-order valence-corrected chi connectivity index (χ3v) is 3.44. The molecular weight excluding hydrogens is 270 g/mol. The predicted octanol–water partition coefficient (Wildman–Crippen LogP) is 3.28. The van der Waals surface area contributed by atoms with Crippen LogP contribution in [0.15, 0.2) is 36.4 Å². The van der Waals surface area contributed by atoms with Crippen molar-refractivity contribution in [2.24, 2.45) is 0 Å². The minimum Gasteiger partial charge on any atom is -0.489 e. The van der Waals surface area contributed by atoms with Gasteiger partial charge in [0.15, 0.2) is 0 Å². The van der Waals surface area contributed by atoms with E-state index in [4.69, 9.17) is 4.74 Å². The summed E-state index contributed by atoms with van der Waals surface area (Å²) >= 11 is 0. The van der Waals surface area contributed by atoms with Crippen LogP contribution in [0.5, 0.6) is 5.75 Å². The summed E-state index contributed by atoms with van der Waals surface area (Å²) in [6, 6.07) is 10.2. The standard InChI is InChI=1S/C16H17NO4/c1-11-4-3-5-12(2)15(11)10-21-16-7-6-14(17(19)20)8-13(16)9-18/h3-8,18H,9-10H2,1-2H3. The van der Waals surface area contributed by atoms with Crippen LogP contribution < -0.4 is 4.74 Å². The first-order chi connectivity index (χ1) is 10.0. The van der Waals surface area contributed by atoms with E-state index < -0.39 is 4.92 Å². The van der Waals surface area contributed by atoms with Gasteiger partial charge in [0.1, 0.15) is 12.4 Å². The summed E-state index contributed by atoms with van der Waals surface area (Å²) in [4.78, 5) is 10.2. The van der Waals surface area contributed by atoms with Gasteiger partial charge < -0.3 is 9.84 Å². The highest BCUT2D eigenvalue weighted by Gasteiger charge is 2.12. The van der Waals surface area contributed by atoms with Crippen LogP contribution in [0.2, 0.25) is 0 Å². The molecule has 0 spiro atoms. The van der Waals surface area contributed by atoms with Crippen molar-refractivity contribution in [3.8, 4) is 5.75 Å². The lowest BCUT2D eigenvalue weighted by Crippen LogP contribution is -2.03. The molecule has 0 radical (unpaired) electrons. The maximum absolute atomic E-state index is 10.7. The number of nitro groups is 1. The predicted molar refractivity (Wildman–Crippen MR) is 79.3 cm³/mol. The fourth-order valence-corrected chi connectivity index (χ4v) is 2.17. The van der Waals surface area contributed by atoms with Gasteiger partial charge in [0, 0.05) is 17.7 Å². The molecule has 0 aliphatic heterocycles. The molecule has 0 aromatic heterocycles. The summed E-state index contributed by atoms with van der Waals surface area (Å²) in [5, 5.41) is 20.1. The number of aryl methyl sites for hydroxylation is 2. The molecule has 21 heavy (non-hydrogen) atoms. The zero-order chi connectivity index (χ0) is 15.4. The van der Waals surface area contributed by atoms with Crippen molar-refractivity contribution in [2.45, 2.75) is 27.1 Å². The average Bonchev–Trinajstić information content (AvgIpc) is 2.46. The minimum atomic E-state index is -0.492. The van der Waals surface area contributed by atoms with Crippen LogP contribution in [-0.4, -0.2) is 10.0 Å². The van der Waals surface area contributed by atoms with Gasteiger partial charge in [0.05, 0.1) is 11.5 Å². The molecule has 5 nitrogen and oxygen atoms in total. The Morgan fingerprint density at radius 1 is 1.19 bits per heavy atom. The summed E-state index contributed by atoms with van der Waals surface area (Å²) < 4.78 is 5.73. The molecule has 2 aromatic carbocycles. The quantitative estimate of drug-likeness (QED) is 0.676. The molecule has 0 saturated carbocycles. The number of nitrogens with zero attached hydrogens (tertiary/aromatic N) is 1. The Balaban J connectivity index is 2.22. The van der Waals surface area contributed by atoms with E-state index in [-0.39, 0.29) is 12.3 Å². The van der Waals surface area contributed by atoms with E-state index >= 15 is 0 Å². The van der Waals surface area contributed by atoms with Crippen molar-refractivity contribution in [3.63, 3.8) is 0 Å². The molecule has 2 aromatic rings. The first-order valence-corrected chi connectivity index (χ1v) is 6.59. The smallest absolute Gasteiger partial charge is 0.270 e. The van der Waals surface area contributed by atoms with E-state index in [0.717, 1.165) is 16.7 Å². The van der Waals surface area contributed by atoms with Crippen molar-refractivity contribution in [1.29, 1.82) is 0 Å². The second-order valence-electron chi connectivity index (χ2n) is 4.87. The molecule has 0 unspecified atom stereocenters. The summed E-state index contributed by atoms with van der Waals surface area (Å²) in [6.07, 6.45) is 0. The second-order valence-corrected chi connectivity index (χ2v) is 4.87. The lowest BCUT2D eigenvalue weighted by Gasteiger charge is -2.13. The Morgan fingerprint density at radius 3 is 2.43 bits per heavy atom. The molecule has 110 valence electrons. The number of nitro benzene ring substituents is 1. The van der Waals surface area contributed by atoms with Gasteiger partial charge in [-0.3, -0.25) is 10.1 Å². The zero-order valence-corrected chi connectivity index (χ0v) is 12.0. The van der Waals surface area contributed by atoms with Crippen LogP contribution in [0.1, 0.15) is 22.3 Å². The van der Waals surface area contributed by atoms with E-state index in [1.165, 1.54) is 18.2 Å². The first kappa shape index (κ1) is 15.0. The lowest BCUT2D eigenvalue weighted by atomic mass is 10.0. The Kier molecular flexibility index (Phi) is 4.55. The minimum absolute atomic E-state index is 0.0570. The molecule has 1 N–H and O–H groups in total. The number of aliphatic hydroxyl groups is 1. The summed E-state index contributed by atoms with van der Waals surface area (Å²) in [5.74, 6) is 0.464. The van der Waals surface area contributed by atoms with Crippen molar-refractivity contribution < 1.29 is 14.8 Å². The molecule has 0 bridgehead atoms. The van der Waals surface area contributed by atoms with Crippen molar-refractivity contribution in [2.75, 3.05) is 0 Å². The number of non-ortho nitro benzene ring substituents is 1. The maximum atomic E-state index is 10.7. The van der Waals surface area contributed by atoms with Gasteiger partial charge in [-0.2, -0.15) is 0 Å². The highest BCUT2D eigenvalue weighted by molar-refractivity contribution is 5.44. The van der Waals surface area contributed by atoms with Crippen LogP contribution in [0.25, 0.3) is 0 Å². The zero-order valence-electron chi connectivity index (χ0n) is 12.0. The molecule has 0 aliphatic carbocycles. The van der Waals surface area contributed by atoms with Gasteiger partial charge in [-0.1, -0.05) is 18.2 Å². The van der Waals surface area contributed by atoms with Crippen molar-refractivity contribution >= 4 is 5.69 Å². The fraction of sp³-hybridized carbons (Fsp3) is 0.250. The summed E-state index contributed by atoms with van der Waals surface area (Å²) in [6.45, 7) is 4.08. The molecule has 0 aliphatic rings. The Bertz CT molecular complexity index is 647.